The Bertz CT molecular complexity index is 621. The van der Waals surface area contributed by atoms with E-state index in [-0.39, 0.29) is 5.75 Å². The van der Waals surface area contributed by atoms with Gasteiger partial charge >= 0.3 is 0 Å². The van der Waals surface area contributed by atoms with Crippen LogP contribution in [-0.2, 0) is 21.4 Å². The van der Waals surface area contributed by atoms with Gasteiger partial charge in [-0.05, 0) is 24.8 Å². The van der Waals surface area contributed by atoms with E-state index in [0.717, 1.165) is 6.54 Å². The molecule has 0 aliphatic rings. The molecule has 1 aromatic rings. The van der Waals surface area contributed by atoms with Gasteiger partial charge in [0.25, 0.3) is 0 Å². The molecule has 0 aliphatic heterocycles. The Labute approximate surface area is 157 Å². The predicted molar refractivity (Wildman–Crippen MR) is 107 cm³/mol. The number of nitrogens with one attached hydrogen (secondary N) is 3. The van der Waals surface area contributed by atoms with Crippen molar-refractivity contribution < 1.29 is 13.2 Å². The summed E-state index contributed by atoms with van der Waals surface area (Å²) in [6.45, 7) is 6.83. The first-order valence-corrected chi connectivity index (χ1v) is 10.7. The standard InChI is InChI=1S/C18H32N4O3S/c1-4-26(23,24)22-12-8-11-20-18(19-3)21-13-16(2)14-25-15-17-9-6-5-7-10-17/h5-7,9-10,16,22H,4,8,11-15H2,1-3H3,(H2,19,20,21). The van der Waals surface area contributed by atoms with Gasteiger partial charge in [-0.2, -0.15) is 0 Å². The van der Waals surface area contributed by atoms with Crippen LogP contribution in [-0.4, -0.2) is 53.4 Å². The summed E-state index contributed by atoms with van der Waals surface area (Å²) in [5, 5.41) is 6.43. The van der Waals surface area contributed by atoms with Gasteiger partial charge in [0.1, 0.15) is 0 Å². The van der Waals surface area contributed by atoms with Crippen molar-refractivity contribution in [1.29, 1.82) is 0 Å². The molecule has 0 aromatic heterocycles. The number of hydrogen-bond acceptors (Lipinski definition) is 4. The molecule has 0 saturated carbocycles. The molecule has 0 saturated heterocycles. The molecule has 0 heterocycles. The van der Waals surface area contributed by atoms with Crippen LogP contribution < -0.4 is 15.4 Å². The third-order valence-electron chi connectivity index (χ3n) is 3.70. The van der Waals surface area contributed by atoms with Crippen LogP contribution in [0.15, 0.2) is 35.3 Å². The van der Waals surface area contributed by atoms with Crippen LogP contribution in [0.5, 0.6) is 0 Å². The maximum Gasteiger partial charge on any atom is 0.211 e. The molecular weight excluding hydrogens is 352 g/mol. The molecule has 0 aliphatic carbocycles. The molecule has 1 rings (SSSR count). The molecule has 0 fully saturated rings. The largest absolute Gasteiger partial charge is 0.376 e. The van der Waals surface area contributed by atoms with Crippen LogP contribution >= 0.6 is 0 Å². The molecule has 1 atom stereocenters. The SMILES string of the molecule is CCS(=O)(=O)NCCCNC(=NC)NCC(C)COCc1ccccc1. The van der Waals surface area contributed by atoms with Crippen LogP contribution in [0.3, 0.4) is 0 Å². The average molecular weight is 385 g/mol. The molecule has 7 nitrogen and oxygen atoms in total. The van der Waals surface area contributed by atoms with Gasteiger partial charge in [0.05, 0.1) is 19.0 Å². The molecule has 8 heteroatoms. The van der Waals surface area contributed by atoms with Crippen molar-refractivity contribution >= 4 is 16.0 Å². The van der Waals surface area contributed by atoms with Crippen LogP contribution in [0.4, 0.5) is 0 Å². The maximum atomic E-state index is 11.3. The van der Waals surface area contributed by atoms with Gasteiger partial charge in [0, 0.05) is 26.7 Å². The van der Waals surface area contributed by atoms with Gasteiger partial charge in [0.2, 0.25) is 10.0 Å². The van der Waals surface area contributed by atoms with Crippen molar-refractivity contribution in [1.82, 2.24) is 15.4 Å². The van der Waals surface area contributed by atoms with Gasteiger partial charge in [-0.25, -0.2) is 13.1 Å². The molecular formula is C18H32N4O3S. The van der Waals surface area contributed by atoms with Crippen molar-refractivity contribution in [3.63, 3.8) is 0 Å². The fourth-order valence-corrected chi connectivity index (χ4v) is 2.79. The van der Waals surface area contributed by atoms with Crippen molar-refractivity contribution in [2.45, 2.75) is 26.9 Å². The van der Waals surface area contributed by atoms with E-state index in [9.17, 15) is 8.42 Å². The molecule has 1 unspecified atom stereocenters. The Morgan fingerprint density at radius 1 is 1.19 bits per heavy atom. The molecule has 148 valence electrons. The fourth-order valence-electron chi connectivity index (χ4n) is 2.13. The number of nitrogens with zero attached hydrogens (tertiary/aromatic N) is 1. The van der Waals surface area contributed by atoms with Gasteiger partial charge in [-0.15, -0.1) is 0 Å². The van der Waals surface area contributed by atoms with Gasteiger partial charge in [-0.1, -0.05) is 37.3 Å². The summed E-state index contributed by atoms with van der Waals surface area (Å²) in [7, 11) is -1.40. The lowest BCUT2D eigenvalue weighted by Gasteiger charge is -2.16. The van der Waals surface area contributed by atoms with Crippen molar-refractivity contribution in [2.24, 2.45) is 10.9 Å². The quantitative estimate of drug-likeness (QED) is 0.287. The highest BCUT2D eigenvalue weighted by Gasteiger charge is 2.06. The van der Waals surface area contributed by atoms with E-state index in [4.69, 9.17) is 4.74 Å². The lowest BCUT2D eigenvalue weighted by atomic mass is 10.2. The summed E-state index contributed by atoms with van der Waals surface area (Å²) in [6, 6.07) is 10.1. The molecule has 0 bridgehead atoms. The fraction of sp³-hybridized carbons (Fsp3) is 0.611. The zero-order chi connectivity index (χ0) is 19.3. The zero-order valence-corrected chi connectivity index (χ0v) is 16.8. The maximum absolute atomic E-state index is 11.3. The van der Waals surface area contributed by atoms with Gasteiger partial charge < -0.3 is 15.4 Å². The third kappa shape index (κ3) is 10.4. The normalized spacial score (nSPS) is 13.4. The monoisotopic (exact) mass is 384 g/mol. The summed E-state index contributed by atoms with van der Waals surface area (Å²) in [4.78, 5) is 4.17. The van der Waals surface area contributed by atoms with E-state index < -0.39 is 10.0 Å². The van der Waals surface area contributed by atoms with E-state index in [1.807, 2.05) is 18.2 Å². The number of hydrogen-bond donors (Lipinski definition) is 3. The minimum atomic E-state index is -3.11. The number of benzene rings is 1. The van der Waals surface area contributed by atoms with E-state index in [1.165, 1.54) is 5.56 Å². The lowest BCUT2D eigenvalue weighted by Crippen LogP contribution is -2.41. The third-order valence-corrected chi connectivity index (χ3v) is 5.11. The lowest BCUT2D eigenvalue weighted by molar-refractivity contribution is 0.0931. The van der Waals surface area contributed by atoms with Crippen LogP contribution in [0, 0.1) is 5.92 Å². The smallest absolute Gasteiger partial charge is 0.211 e. The van der Waals surface area contributed by atoms with Crippen LogP contribution in [0.25, 0.3) is 0 Å². The second-order valence-corrected chi connectivity index (χ2v) is 8.23. The second kappa shape index (κ2) is 12.7. The number of aliphatic imine (C=N–C) groups is 1. The molecule has 26 heavy (non-hydrogen) atoms. The van der Waals surface area contributed by atoms with Crippen LogP contribution in [0.2, 0.25) is 0 Å². The first-order valence-electron chi connectivity index (χ1n) is 9.00. The Morgan fingerprint density at radius 2 is 1.92 bits per heavy atom. The first kappa shape index (κ1) is 22.4. The zero-order valence-electron chi connectivity index (χ0n) is 16.0. The van der Waals surface area contributed by atoms with E-state index in [1.54, 1.807) is 14.0 Å². The van der Waals surface area contributed by atoms with E-state index >= 15 is 0 Å². The Balaban J connectivity index is 2.13. The Kier molecular flexibility index (Phi) is 10.9. The summed E-state index contributed by atoms with van der Waals surface area (Å²) in [5.41, 5.74) is 1.17. The van der Waals surface area contributed by atoms with Crippen molar-refractivity contribution in [2.75, 3.05) is 39.0 Å². The second-order valence-electron chi connectivity index (χ2n) is 6.14. The van der Waals surface area contributed by atoms with E-state index in [0.29, 0.717) is 44.6 Å². The number of guanidine groups is 1. The first-order chi connectivity index (χ1) is 12.5. The van der Waals surface area contributed by atoms with Crippen molar-refractivity contribution in [3.05, 3.63) is 35.9 Å². The van der Waals surface area contributed by atoms with E-state index in [2.05, 4.69) is 39.4 Å². The summed E-state index contributed by atoms with van der Waals surface area (Å²) < 4.78 is 30.9. The Hall–Kier alpha value is -1.64. The summed E-state index contributed by atoms with van der Waals surface area (Å²) in [6.07, 6.45) is 0.690. The van der Waals surface area contributed by atoms with Gasteiger partial charge in [0.15, 0.2) is 5.96 Å². The summed E-state index contributed by atoms with van der Waals surface area (Å²) in [5.74, 6) is 1.15. The molecule has 0 amide bonds. The van der Waals surface area contributed by atoms with Crippen molar-refractivity contribution in [3.8, 4) is 0 Å². The molecule has 0 spiro atoms. The highest BCUT2D eigenvalue weighted by molar-refractivity contribution is 7.89. The number of ether oxygens (including phenoxy) is 1. The summed E-state index contributed by atoms with van der Waals surface area (Å²) >= 11 is 0. The average Bonchev–Trinajstić information content (AvgIpc) is 2.64. The molecule has 3 N–H and O–H groups in total. The minimum Gasteiger partial charge on any atom is -0.376 e. The van der Waals surface area contributed by atoms with Gasteiger partial charge in [-0.3, -0.25) is 4.99 Å². The molecule has 0 radical (unpaired) electrons. The highest BCUT2D eigenvalue weighted by Crippen LogP contribution is 2.02. The predicted octanol–water partition coefficient (Wildman–Crippen LogP) is 1.33. The number of rotatable bonds is 12. The minimum absolute atomic E-state index is 0.105. The topological polar surface area (TPSA) is 91.8 Å². The Morgan fingerprint density at radius 3 is 2.58 bits per heavy atom. The highest BCUT2D eigenvalue weighted by atomic mass is 32.2. The number of sulfonamides is 1. The molecule has 1 aromatic carbocycles. The van der Waals surface area contributed by atoms with Crippen LogP contribution in [0.1, 0.15) is 25.8 Å².